The number of aromatic nitrogens is 1. The number of carbonyl (C=O) groups is 2. The summed E-state index contributed by atoms with van der Waals surface area (Å²) in [6.07, 6.45) is 4.48. The number of pyridine rings is 1. The minimum Gasteiger partial charge on any atom is -0.478 e. The molecule has 0 spiro atoms. The molecule has 3 rings (SSSR count). The molecule has 0 fully saturated rings. The minimum absolute atomic E-state index is 0.0154. The van der Waals surface area contributed by atoms with Crippen molar-refractivity contribution in [1.29, 1.82) is 0 Å². The number of fused-ring (bicyclic) bond motifs is 1. The molecule has 5 nitrogen and oxygen atoms in total. The van der Waals surface area contributed by atoms with Crippen molar-refractivity contribution in [2.45, 2.75) is 12.8 Å². The summed E-state index contributed by atoms with van der Waals surface area (Å²) in [7, 11) is 0. The third kappa shape index (κ3) is 2.63. The van der Waals surface area contributed by atoms with Gasteiger partial charge in [0.2, 0.25) is 5.91 Å². The molecule has 106 valence electrons. The summed E-state index contributed by atoms with van der Waals surface area (Å²) in [6, 6.07) is 8.70. The number of carbonyl (C=O) groups excluding carboxylic acids is 1. The average Bonchev–Trinajstić information content (AvgIpc) is 2.80. The highest BCUT2D eigenvalue weighted by Gasteiger charge is 2.27. The van der Waals surface area contributed by atoms with Crippen LogP contribution in [0.3, 0.4) is 0 Å². The lowest BCUT2D eigenvalue weighted by molar-refractivity contribution is -0.117. The van der Waals surface area contributed by atoms with Gasteiger partial charge in [-0.3, -0.25) is 9.78 Å². The monoisotopic (exact) mass is 282 g/mol. The van der Waals surface area contributed by atoms with Crippen molar-refractivity contribution in [1.82, 2.24) is 4.98 Å². The number of hydrogen-bond donors (Lipinski definition) is 1. The van der Waals surface area contributed by atoms with Gasteiger partial charge in [0.05, 0.1) is 12.0 Å². The number of anilines is 1. The van der Waals surface area contributed by atoms with Crippen LogP contribution in [-0.2, 0) is 17.6 Å². The number of carboxylic acids is 1. The largest absolute Gasteiger partial charge is 0.478 e. The van der Waals surface area contributed by atoms with Gasteiger partial charge in [0, 0.05) is 24.6 Å². The number of amides is 1. The second kappa shape index (κ2) is 5.36. The fourth-order valence-electron chi connectivity index (χ4n) is 2.55. The number of benzene rings is 1. The Labute approximate surface area is 121 Å². The summed E-state index contributed by atoms with van der Waals surface area (Å²) < 4.78 is 0. The van der Waals surface area contributed by atoms with Crippen LogP contribution in [-0.4, -0.2) is 28.5 Å². The maximum atomic E-state index is 12.1. The van der Waals surface area contributed by atoms with E-state index in [-0.39, 0.29) is 17.9 Å². The summed E-state index contributed by atoms with van der Waals surface area (Å²) in [5, 5.41) is 9.00. The molecule has 1 aromatic carbocycles. The molecule has 0 bridgehead atoms. The molecule has 2 aromatic rings. The zero-order valence-electron chi connectivity index (χ0n) is 11.3. The molecule has 1 amide bonds. The van der Waals surface area contributed by atoms with Gasteiger partial charge >= 0.3 is 5.97 Å². The SMILES string of the molecule is O=C(O)c1ccc2c(c1)CC(=O)N2CCc1ccncc1. The van der Waals surface area contributed by atoms with Crippen LogP contribution in [0.2, 0.25) is 0 Å². The van der Waals surface area contributed by atoms with E-state index in [1.807, 2.05) is 12.1 Å². The highest BCUT2D eigenvalue weighted by atomic mass is 16.4. The Bertz CT molecular complexity index is 698. The van der Waals surface area contributed by atoms with Crippen LogP contribution in [0, 0.1) is 0 Å². The van der Waals surface area contributed by atoms with Gasteiger partial charge < -0.3 is 10.0 Å². The molecule has 2 heterocycles. The number of carboxylic acid groups (broad SMARTS) is 1. The number of aromatic carboxylic acids is 1. The van der Waals surface area contributed by atoms with Crippen LogP contribution >= 0.6 is 0 Å². The maximum Gasteiger partial charge on any atom is 0.335 e. The second-order valence-corrected chi connectivity index (χ2v) is 4.98. The summed E-state index contributed by atoms with van der Waals surface area (Å²) in [5.41, 5.74) is 2.94. The number of hydrogen-bond acceptors (Lipinski definition) is 3. The Morgan fingerprint density at radius 1 is 1.24 bits per heavy atom. The molecule has 0 aliphatic carbocycles. The summed E-state index contributed by atoms with van der Waals surface area (Å²) >= 11 is 0. The molecule has 0 saturated heterocycles. The van der Waals surface area contributed by atoms with Crippen LogP contribution in [0.1, 0.15) is 21.5 Å². The lowest BCUT2D eigenvalue weighted by atomic mass is 10.1. The quantitative estimate of drug-likeness (QED) is 0.930. The normalized spacial score (nSPS) is 13.3. The molecular formula is C16H14N2O3. The van der Waals surface area contributed by atoms with E-state index >= 15 is 0 Å². The molecule has 0 unspecified atom stereocenters. The molecule has 5 heteroatoms. The maximum absolute atomic E-state index is 12.1. The topological polar surface area (TPSA) is 70.5 Å². The first-order valence-electron chi connectivity index (χ1n) is 6.70. The molecular weight excluding hydrogens is 268 g/mol. The lowest BCUT2D eigenvalue weighted by Crippen LogP contribution is -2.28. The van der Waals surface area contributed by atoms with E-state index in [1.165, 1.54) is 0 Å². The zero-order chi connectivity index (χ0) is 14.8. The van der Waals surface area contributed by atoms with Crippen molar-refractivity contribution in [3.63, 3.8) is 0 Å². The van der Waals surface area contributed by atoms with Gasteiger partial charge in [0.25, 0.3) is 0 Å². The average molecular weight is 282 g/mol. The van der Waals surface area contributed by atoms with Gasteiger partial charge in [-0.15, -0.1) is 0 Å². The van der Waals surface area contributed by atoms with Crippen LogP contribution in [0.4, 0.5) is 5.69 Å². The highest BCUT2D eigenvalue weighted by Crippen LogP contribution is 2.29. The predicted octanol–water partition coefficient (Wildman–Crippen LogP) is 1.91. The van der Waals surface area contributed by atoms with E-state index in [1.54, 1.807) is 35.5 Å². The fourth-order valence-corrected chi connectivity index (χ4v) is 2.55. The van der Waals surface area contributed by atoms with Gasteiger partial charge in [-0.2, -0.15) is 0 Å². The van der Waals surface area contributed by atoms with E-state index in [9.17, 15) is 9.59 Å². The first-order valence-corrected chi connectivity index (χ1v) is 6.70. The molecule has 1 aromatic heterocycles. The third-order valence-electron chi connectivity index (χ3n) is 3.63. The van der Waals surface area contributed by atoms with Crippen LogP contribution < -0.4 is 4.90 Å². The fraction of sp³-hybridized carbons (Fsp3) is 0.188. The standard InChI is InChI=1S/C16H14N2O3/c19-15-10-13-9-12(16(20)21)1-2-14(13)18(15)8-5-11-3-6-17-7-4-11/h1-4,6-7,9H,5,8,10H2,(H,20,21). The Morgan fingerprint density at radius 2 is 2.00 bits per heavy atom. The van der Waals surface area contributed by atoms with E-state index in [0.29, 0.717) is 6.54 Å². The molecule has 1 aliphatic rings. The molecule has 1 N–H and O–H groups in total. The summed E-state index contributed by atoms with van der Waals surface area (Å²) in [4.78, 5) is 28.8. The zero-order valence-corrected chi connectivity index (χ0v) is 11.3. The second-order valence-electron chi connectivity index (χ2n) is 4.98. The summed E-state index contributed by atoms with van der Waals surface area (Å²) in [6.45, 7) is 0.586. The van der Waals surface area contributed by atoms with E-state index < -0.39 is 5.97 Å². The number of rotatable bonds is 4. The van der Waals surface area contributed by atoms with Gasteiger partial charge in [-0.25, -0.2) is 4.79 Å². The van der Waals surface area contributed by atoms with Crippen molar-refractivity contribution in [2.75, 3.05) is 11.4 Å². The van der Waals surface area contributed by atoms with Crippen molar-refractivity contribution in [2.24, 2.45) is 0 Å². The van der Waals surface area contributed by atoms with Gasteiger partial charge in [-0.05, 0) is 47.9 Å². The predicted molar refractivity (Wildman–Crippen MR) is 77.4 cm³/mol. The van der Waals surface area contributed by atoms with Gasteiger partial charge in [-0.1, -0.05) is 0 Å². The van der Waals surface area contributed by atoms with Gasteiger partial charge in [0.1, 0.15) is 0 Å². The molecule has 0 radical (unpaired) electrons. The van der Waals surface area contributed by atoms with Crippen LogP contribution in [0.15, 0.2) is 42.7 Å². The van der Waals surface area contributed by atoms with E-state index in [2.05, 4.69) is 4.98 Å². The Kier molecular flexibility index (Phi) is 3.39. The van der Waals surface area contributed by atoms with Gasteiger partial charge in [0.15, 0.2) is 0 Å². The minimum atomic E-state index is -0.972. The third-order valence-corrected chi connectivity index (χ3v) is 3.63. The van der Waals surface area contributed by atoms with E-state index in [4.69, 9.17) is 5.11 Å². The van der Waals surface area contributed by atoms with E-state index in [0.717, 1.165) is 23.2 Å². The molecule has 0 saturated carbocycles. The smallest absolute Gasteiger partial charge is 0.335 e. The first kappa shape index (κ1) is 13.3. The molecule has 0 atom stereocenters. The Balaban J connectivity index is 1.79. The van der Waals surface area contributed by atoms with Crippen molar-refractivity contribution in [3.8, 4) is 0 Å². The van der Waals surface area contributed by atoms with Crippen molar-refractivity contribution < 1.29 is 14.7 Å². The Morgan fingerprint density at radius 3 is 2.71 bits per heavy atom. The Hall–Kier alpha value is -2.69. The molecule has 1 aliphatic heterocycles. The highest BCUT2D eigenvalue weighted by molar-refractivity contribution is 6.02. The number of nitrogens with zero attached hydrogens (tertiary/aromatic N) is 2. The van der Waals surface area contributed by atoms with Crippen LogP contribution in [0.25, 0.3) is 0 Å². The van der Waals surface area contributed by atoms with Crippen molar-refractivity contribution >= 4 is 17.6 Å². The van der Waals surface area contributed by atoms with Crippen LogP contribution in [0.5, 0.6) is 0 Å². The van der Waals surface area contributed by atoms with Crippen molar-refractivity contribution in [3.05, 3.63) is 59.4 Å². The summed E-state index contributed by atoms with van der Waals surface area (Å²) in [5.74, 6) is -0.956. The first-order chi connectivity index (χ1) is 10.1. The molecule has 21 heavy (non-hydrogen) atoms. The lowest BCUT2D eigenvalue weighted by Gasteiger charge is -2.17.